The Kier molecular flexibility index (Phi) is 6.16. The van der Waals surface area contributed by atoms with Crippen molar-refractivity contribution in [2.24, 2.45) is 0 Å². The van der Waals surface area contributed by atoms with Crippen LogP contribution in [0.3, 0.4) is 0 Å². The fraction of sp³-hybridized carbons (Fsp3) is 0.238. The van der Waals surface area contributed by atoms with Crippen LogP contribution in [0.15, 0.2) is 60.9 Å². The molecule has 2 N–H and O–H groups in total. The Balaban J connectivity index is 1.54. The van der Waals surface area contributed by atoms with Gasteiger partial charge in [0.2, 0.25) is 11.8 Å². The van der Waals surface area contributed by atoms with Gasteiger partial charge in [0, 0.05) is 25.1 Å². The fourth-order valence-electron chi connectivity index (χ4n) is 2.84. The van der Waals surface area contributed by atoms with Crippen molar-refractivity contribution in [3.05, 3.63) is 72.1 Å². The number of anilines is 2. The van der Waals surface area contributed by atoms with Crippen molar-refractivity contribution < 1.29 is 9.59 Å². The summed E-state index contributed by atoms with van der Waals surface area (Å²) < 4.78 is 1.75. The number of hydrogen-bond donors (Lipinski definition) is 2. The van der Waals surface area contributed by atoms with Gasteiger partial charge in [0.25, 0.3) is 0 Å². The number of nitrogens with one attached hydrogen (secondary N) is 2. The second kappa shape index (κ2) is 8.94. The molecule has 0 radical (unpaired) electrons. The van der Waals surface area contributed by atoms with Gasteiger partial charge >= 0.3 is 0 Å². The molecule has 3 aromatic rings. The van der Waals surface area contributed by atoms with E-state index in [0.29, 0.717) is 11.6 Å². The van der Waals surface area contributed by atoms with Crippen LogP contribution in [-0.2, 0) is 9.59 Å². The van der Waals surface area contributed by atoms with Crippen LogP contribution in [-0.4, -0.2) is 26.6 Å². The SMILES string of the molecule is Cc1ccnc(NC(=O)CCC(=O)Nc2ccnn2C(C)c2ccccc2)c1. The summed E-state index contributed by atoms with van der Waals surface area (Å²) in [5.41, 5.74) is 2.09. The molecule has 0 fully saturated rings. The summed E-state index contributed by atoms with van der Waals surface area (Å²) >= 11 is 0. The average molecular weight is 377 g/mol. The minimum absolute atomic E-state index is 0.0257. The van der Waals surface area contributed by atoms with Crippen molar-refractivity contribution >= 4 is 23.5 Å². The monoisotopic (exact) mass is 377 g/mol. The third-order valence-electron chi connectivity index (χ3n) is 4.35. The van der Waals surface area contributed by atoms with E-state index in [9.17, 15) is 9.59 Å². The second-order valence-corrected chi connectivity index (χ2v) is 6.56. The summed E-state index contributed by atoms with van der Waals surface area (Å²) in [7, 11) is 0. The van der Waals surface area contributed by atoms with E-state index in [1.165, 1.54) is 0 Å². The van der Waals surface area contributed by atoms with Gasteiger partial charge in [-0.05, 0) is 37.1 Å². The Hall–Kier alpha value is -3.48. The molecule has 2 heterocycles. The smallest absolute Gasteiger partial charge is 0.226 e. The Labute approximate surface area is 163 Å². The lowest BCUT2D eigenvalue weighted by Crippen LogP contribution is -2.20. The molecule has 0 aliphatic heterocycles. The van der Waals surface area contributed by atoms with Crippen molar-refractivity contribution in [2.45, 2.75) is 32.7 Å². The van der Waals surface area contributed by atoms with E-state index in [2.05, 4.69) is 20.7 Å². The van der Waals surface area contributed by atoms with E-state index in [1.54, 1.807) is 29.2 Å². The van der Waals surface area contributed by atoms with Gasteiger partial charge in [-0.25, -0.2) is 9.67 Å². The Bertz CT molecular complexity index is 952. The molecular weight excluding hydrogens is 354 g/mol. The maximum absolute atomic E-state index is 12.3. The summed E-state index contributed by atoms with van der Waals surface area (Å²) in [6, 6.07) is 15.3. The predicted octanol–water partition coefficient (Wildman–Crippen LogP) is 3.55. The average Bonchev–Trinajstić information content (AvgIpc) is 3.14. The molecule has 1 aromatic carbocycles. The quantitative estimate of drug-likeness (QED) is 0.659. The van der Waals surface area contributed by atoms with Crippen molar-refractivity contribution in [2.75, 3.05) is 10.6 Å². The summed E-state index contributed by atoms with van der Waals surface area (Å²) in [6.45, 7) is 3.94. The number of carbonyl (C=O) groups excluding carboxylic acids is 2. The van der Waals surface area contributed by atoms with Gasteiger partial charge in [-0.15, -0.1) is 0 Å². The molecule has 0 aliphatic carbocycles. The second-order valence-electron chi connectivity index (χ2n) is 6.56. The van der Waals surface area contributed by atoms with Crippen LogP contribution < -0.4 is 10.6 Å². The van der Waals surface area contributed by atoms with Crippen molar-refractivity contribution in [3.8, 4) is 0 Å². The highest BCUT2D eigenvalue weighted by Crippen LogP contribution is 2.21. The van der Waals surface area contributed by atoms with Crippen LogP contribution in [0.1, 0.15) is 36.9 Å². The Morgan fingerprint density at radius 3 is 2.43 bits per heavy atom. The number of rotatable bonds is 7. The first-order valence-electron chi connectivity index (χ1n) is 9.14. The molecule has 7 heteroatoms. The lowest BCUT2D eigenvalue weighted by atomic mass is 10.1. The van der Waals surface area contributed by atoms with Gasteiger partial charge in [-0.2, -0.15) is 5.10 Å². The van der Waals surface area contributed by atoms with Gasteiger partial charge in [0.1, 0.15) is 11.6 Å². The van der Waals surface area contributed by atoms with E-state index in [-0.39, 0.29) is 30.7 Å². The van der Waals surface area contributed by atoms with Gasteiger partial charge in [-0.3, -0.25) is 9.59 Å². The first-order valence-corrected chi connectivity index (χ1v) is 9.14. The number of nitrogens with zero attached hydrogens (tertiary/aromatic N) is 3. The third kappa shape index (κ3) is 5.03. The Morgan fingerprint density at radius 2 is 1.71 bits per heavy atom. The molecule has 0 saturated heterocycles. The lowest BCUT2D eigenvalue weighted by molar-refractivity contribution is -0.121. The highest BCUT2D eigenvalue weighted by atomic mass is 16.2. The van der Waals surface area contributed by atoms with Gasteiger partial charge in [-0.1, -0.05) is 30.3 Å². The molecule has 0 saturated carbocycles. The van der Waals surface area contributed by atoms with Gasteiger partial charge in [0.05, 0.1) is 12.2 Å². The molecule has 144 valence electrons. The van der Waals surface area contributed by atoms with Gasteiger partial charge in [0.15, 0.2) is 0 Å². The molecule has 1 unspecified atom stereocenters. The number of hydrogen-bond acceptors (Lipinski definition) is 4. The molecule has 1 atom stereocenters. The summed E-state index contributed by atoms with van der Waals surface area (Å²) in [6.07, 6.45) is 3.42. The fourth-order valence-corrected chi connectivity index (χ4v) is 2.84. The highest BCUT2D eigenvalue weighted by Gasteiger charge is 2.15. The number of amides is 2. The van der Waals surface area contributed by atoms with E-state index in [0.717, 1.165) is 11.1 Å². The number of aromatic nitrogens is 3. The van der Waals surface area contributed by atoms with E-state index >= 15 is 0 Å². The van der Waals surface area contributed by atoms with Crippen LogP contribution in [0.25, 0.3) is 0 Å². The maximum Gasteiger partial charge on any atom is 0.226 e. The number of aryl methyl sites for hydroxylation is 1. The molecule has 2 aromatic heterocycles. The zero-order chi connectivity index (χ0) is 19.9. The zero-order valence-corrected chi connectivity index (χ0v) is 15.9. The summed E-state index contributed by atoms with van der Waals surface area (Å²) in [5.74, 6) is 0.594. The minimum atomic E-state index is -0.251. The van der Waals surface area contributed by atoms with E-state index in [1.807, 2.05) is 50.2 Å². The minimum Gasteiger partial charge on any atom is -0.311 e. The lowest BCUT2D eigenvalue weighted by Gasteiger charge is -2.16. The van der Waals surface area contributed by atoms with Crippen molar-refractivity contribution in [3.63, 3.8) is 0 Å². The molecular formula is C21H23N5O2. The number of carbonyl (C=O) groups is 2. The zero-order valence-electron chi connectivity index (χ0n) is 15.9. The predicted molar refractivity (Wildman–Crippen MR) is 108 cm³/mol. The van der Waals surface area contributed by atoms with E-state index < -0.39 is 0 Å². The summed E-state index contributed by atoms with van der Waals surface area (Å²) in [5, 5.41) is 9.86. The highest BCUT2D eigenvalue weighted by molar-refractivity contribution is 5.96. The first-order chi connectivity index (χ1) is 13.5. The van der Waals surface area contributed by atoms with Crippen LogP contribution in [0.4, 0.5) is 11.6 Å². The van der Waals surface area contributed by atoms with Crippen LogP contribution in [0.5, 0.6) is 0 Å². The number of benzene rings is 1. The summed E-state index contributed by atoms with van der Waals surface area (Å²) in [4.78, 5) is 28.4. The van der Waals surface area contributed by atoms with Gasteiger partial charge < -0.3 is 10.6 Å². The van der Waals surface area contributed by atoms with Crippen LogP contribution in [0.2, 0.25) is 0 Å². The molecule has 3 rings (SSSR count). The molecule has 2 amide bonds. The topological polar surface area (TPSA) is 88.9 Å². The van der Waals surface area contributed by atoms with Crippen molar-refractivity contribution in [1.82, 2.24) is 14.8 Å². The molecule has 28 heavy (non-hydrogen) atoms. The molecule has 0 bridgehead atoms. The third-order valence-corrected chi connectivity index (χ3v) is 4.35. The largest absolute Gasteiger partial charge is 0.311 e. The number of pyridine rings is 1. The molecule has 0 spiro atoms. The molecule has 0 aliphatic rings. The van der Waals surface area contributed by atoms with Crippen LogP contribution >= 0.6 is 0 Å². The van der Waals surface area contributed by atoms with E-state index in [4.69, 9.17) is 0 Å². The first kappa shape index (κ1) is 19.3. The Morgan fingerprint density at radius 1 is 1.00 bits per heavy atom. The normalized spacial score (nSPS) is 11.6. The van der Waals surface area contributed by atoms with Crippen molar-refractivity contribution in [1.29, 1.82) is 0 Å². The standard InChI is InChI=1S/C21H23N5O2/c1-15-10-12-22-18(14-15)24-20(27)8-9-21(28)25-19-11-13-23-26(19)16(2)17-6-4-3-5-7-17/h3-7,10-14,16H,8-9H2,1-2H3,(H,25,28)(H,22,24,27). The maximum atomic E-state index is 12.3. The van der Waals surface area contributed by atoms with Crippen LogP contribution in [0, 0.1) is 6.92 Å². The molecule has 7 nitrogen and oxygen atoms in total.